The maximum atomic E-state index is 11.2. The number of alkyl carbamates (subject to hydrolysis) is 1. The van der Waals surface area contributed by atoms with Gasteiger partial charge in [-0.1, -0.05) is 0 Å². The number of carbonyl (C=O) groups is 2. The van der Waals surface area contributed by atoms with E-state index in [0.717, 1.165) is 0 Å². The van der Waals surface area contributed by atoms with E-state index in [-0.39, 0.29) is 12.4 Å². The molecule has 3 N–H and O–H groups in total. The van der Waals surface area contributed by atoms with Gasteiger partial charge in [-0.3, -0.25) is 4.79 Å². The largest absolute Gasteiger partial charge is 0.444 e. The summed E-state index contributed by atoms with van der Waals surface area (Å²) >= 11 is 0. The van der Waals surface area contributed by atoms with E-state index in [1.165, 1.54) is 13.8 Å². The van der Waals surface area contributed by atoms with E-state index in [2.05, 4.69) is 5.32 Å². The van der Waals surface area contributed by atoms with Crippen LogP contribution in [0.3, 0.4) is 0 Å². The molecule has 6 heteroatoms. The number of nitrogens with two attached hydrogens (primary N) is 1. The first kappa shape index (κ1) is 16.5. The smallest absolute Gasteiger partial charge is 0.408 e. The fourth-order valence-electron chi connectivity index (χ4n) is 0.620. The van der Waals surface area contributed by atoms with Crippen LogP contribution in [0.15, 0.2) is 0 Å². The molecule has 0 aliphatic heterocycles. The summed E-state index contributed by atoms with van der Waals surface area (Å²) in [5.74, 6) is -0.608. The number of halogens is 1. The van der Waals surface area contributed by atoms with E-state index in [9.17, 15) is 9.59 Å². The highest BCUT2D eigenvalue weighted by Gasteiger charge is 2.29. The summed E-state index contributed by atoms with van der Waals surface area (Å²) in [6.07, 6.45) is -0.652. The minimum atomic E-state index is -1.09. The molecule has 0 heterocycles. The fourth-order valence-corrected chi connectivity index (χ4v) is 0.620. The lowest BCUT2D eigenvalue weighted by Crippen LogP contribution is -2.54. The molecule has 0 atom stereocenters. The molecule has 0 aliphatic rings. The monoisotopic (exact) mass is 238 g/mol. The second kappa shape index (κ2) is 5.21. The van der Waals surface area contributed by atoms with Crippen molar-refractivity contribution in [2.45, 2.75) is 45.8 Å². The third-order valence-corrected chi connectivity index (χ3v) is 1.43. The quantitative estimate of drug-likeness (QED) is 0.758. The van der Waals surface area contributed by atoms with E-state index in [4.69, 9.17) is 10.5 Å². The van der Waals surface area contributed by atoms with Gasteiger partial charge in [0.05, 0.1) is 0 Å². The molecule has 0 fully saturated rings. The molecular weight excluding hydrogens is 220 g/mol. The number of hydrogen-bond acceptors (Lipinski definition) is 3. The summed E-state index contributed by atoms with van der Waals surface area (Å²) in [5.41, 5.74) is 3.39. The zero-order chi connectivity index (χ0) is 11.6. The second-order valence-corrected chi connectivity index (χ2v) is 4.62. The summed E-state index contributed by atoms with van der Waals surface area (Å²) in [7, 11) is 0. The molecule has 15 heavy (non-hydrogen) atoms. The van der Waals surface area contributed by atoms with Gasteiger partial charge >= 0.3 is 6.09 Å². The Bertz CT molecular complexity index is 246. The Morgan fingerprint density at radius 3 is 1.80 bits per heavy atom. The van der Waals surface area contributed by atoms with Crippen molar-refractivity contribution >= 4 is 24.4 Å². The van der Waals surface area contributed by atoms with Crippen LogP contribution in [0.4, 0.5) is 4.79 Å². The van der Waals surface area contributed by atoms with Crippen molar-refractivity contribution in [3.63, 3.8) is 0 Å². The lowest BCUT2D eigenvalue weighted by Gasteiger charge is -2.25. The van der Waals surface area contributed by atoms with Crippen LogP contribution in [0.25, 0.3) is 0 Å². The minimum Gasteiger partial charge on any atom is -0.444 e. The van der Waals surface area contributed by atoms with Gasteiger partial charge in [0, 0.05) is 0 Å². The third-order valence-electron chi connectivity index (χ3n) is 1.43. The van der Waals surface area contributed by atoms with Crippen molar-refractivity contribution < 1.29 is 14.3 Å². The zero-order valence-corrected chi connectivity index (χ0v) is 10.5. The molecule has 0 aromatic carbocycles. The standard InChI is InChI=1S/C9H18N2O3.ClH/c1-8(2,3)14-7(13)11-9(4,5)6(10)12;/h1-5H3,(H2,10,12)(H,11,13);1H. The van der Waals surface area contributed by atoms with Crippen LogP contribution < -0.4 is 11.1 Å². The molecule has 0 aliphatic carbocycles. The first-order valence-electron chi connectivity index (χ1n) is 4.36. The average molecular weight is 239 g/mol. The van der Waals surface area contributed by atoms with E-state index < -0.39 is 23.1 Å². The van der Waals surface area contributed by atoms with Gasteiger partial charge in [-0.2, -0.15) is 0 Å². The highest BCUT2D eigenvalue weighted by Crippen LogP contribution is 2.08. The van der Waals surface area contributed by atoms with Crippen molar-refractivity contribution in [3.05, 3.63) is 0 Å². The van der Waals surface area contributed by atoms with E-state index in [0.29, 0.717) is 0 Å². The van der Waals surface area contributed by atoms with Gasteiger partial charge in [0.2, 0.25) is 5.91 Å². The number of nitrogens with one attached hydrogen (secondary N) is 1. The molecule has 0 unspecified atom stereocenters. The number of carbonyl (C=O) groups excluding carboxylic acids is 2. The van der Waals surface area contributed by atoms with Gasteiger partial charge in [0.25, 0.3) is 0 Å². The number of primary amides is 1. The molecule has 0 saturated heterocycles. The van der Waals surface area contributed by atoms with Gasteiger partial charge in [0.1, 0.15) is 11.1 Å². The van der Waals surface area contributed by atoms with Crippen LogP contribution in [0, 0.1) is 0 Å². The van der Waals surface area contributed by atoms with Gasteiger partial charge in [0.15, 0.2) is 0 Å². The van der Waals surface area contributed by atoms with Crippen molar-refractivity contribution in [1.82, 2.24) is 5.32 Å². The molecule has 5 nitrogen and oxygen atoms in total. The molecule has 0 rings (SSSR count). The van der Waals surface area contributed by atoms with Crippen LogP contribution >= 0.6 is 12.4 Å². The van der Waals surface area contributed by atoms with Crippen LogP contribution in [0.2, 0.25) is 0 Å². The topological polar surface area (TPSA) is 81.4 Å². The van der Waals surface area contributed by atoms with Gasteiger partial charge < -0.3 is 15.8 Å². The first-order valence-corrected chi connectivity index (χ1v) is 4.36. The predicted octanol–water partition coefficient (Wildman–Crippen LogP) is 1.20. The van der Waals surface area contributed by atoms with Gasteiger partial charge in [-0.15, -0.1) is 12.4 Å². The zero-order valence-electron chi connectivity index (χ0n) is 9.71. The highest BCUT2D eigenvalue weighted by molar-refractivity contribution is 5.87. The number of hydrogen-bond donors (Lipinski definition) is 2. The summed E-state index contributed by atoms with van der Waals surface area (Å²) in [6, 6.07) is 0. The number of ether oxygens (including phenoxy) is 1. The maximum Gasteiger partial charge on any atom is 0.408 e. The second-order valence-electron chi connectivity index (χ2n) is 4.62. The first-order chi connectivity index (χ1) is 6.04. The Morgan fingerprint density at radius 1 is 1.13 bits per heavy atom. The molecule has 90 valence electrons. The van der Waals surface area contributed by atoms with E-state index in [1.807, 2.05) is 0 Å². The average Bonchev–Trinajstić information content (AvgIpc) is 1.79. The molecular formula is C9H19ClN2O3. The molecule has 2 amide bonds. The minimum absolute atomic E-state index is 0. The molecule has 0 spiro atoms. The molecule has 0 saturated carbocycles. The SMILES string of the molecule is CC(C)(C)OC(=O)NC(C)(C)C(N)=O.Cl. The number of rotatable bonds is 2. The van der Waals surface area contributed by atoms with Crippen molar-refractivity contribution in [3.8, 4) is 0 Å². The molecule has 0 aromatic heterocycles. The van der Waals surface area contributed by atoms with E-state index in [1.54, 1.807) is 20.8 Å². The third kappa shape index (κ3) is 7.02. The number of amides is 2. The molecule has 0 aromatic rings. The Labute approximate surface area is 96.1 Å². The van der Waals surface area contributed by atoms with Gasteiger partial charge in [-0.05, 0) is 34.6 Å². The van der Waals surface area contributed by atoms with Gasteiger partial charge in [-0.25, -0.2) is 4.79 Å². The highest BCUT2D eigenvalue weighted by atomic mass is 35.5. The fraction of sp³-hybridized carbons (Fsp3) is 0.778. The molecule has 0 bridgehead atoms. The summed E-state index contributed by atoms with van der Waals surface area (Å²) in [4.78, 5) is 22.1. The lowest BCUT2D eigenvalue weighted by molar-refractivity contribution is -0.123. The van der Waals surface area contributed by atoms with Crippen LogP contribution in [0.5, 0.6) is 0 Å². The predicted molar refractivity (Wildman–Crippen MR) is 59.9 cm³/mol. The van der Waals surface area contributed by atoms with E-state index >= 15 is 0 Å². The normalized spacial score (nSPS) is 11.3. The maximum absolute atomic E-state index is 11.2. The van der Waals surface area contributed by atoms with Crippen molar-refractivity contribution in [2.75, 3.05) is 0 Å². The van der Waals surface area contributed by atoms with Crippen LogP contribution in [0.1, 0.15) is 34.6 Å². The summed E-state index contributed by atoms with van der Waals surface area (Å²) in [5, 5.41) is 2.38. The Kier molecular flexibility index (Phi) is 5.71. The Morgan fingerprint density at radius 2 is 1.53 bits per heavy atom. The Hall–Kier alpha value is -0.970. The Balaban J connectivity index is 0. The van der Waals surface area contributed by atoms with Crippen LogP contribution in [-0.4, -0.2) is 23.1 Å². The van der Waals surface area contributed by atoms with Crippen LogP contribution in [-0.2, 0) is 9.53 Å². The van der Waals surface area contributed by atoms with Crippen molar-refractivity contribution in [1.29, 1.82) is 0 Å². The van der Waals surface area contributed by atoms with Crippen molar-refractivity contribution in [2.24, 2.45) is 5.73 Å². The summed E-state index contributed by atoms with van der Waals surface area (Å²) < 4.78 is 4.97. The lowest BCUT2D eigenvalue weighted by atomic mass is 10.1. The molecule has 0 radical (unpaired) electrons. The summed E-state index contributed by atoms with van der Waals surface area (Å²) in [6.45, 7) is 8.25.